The number of amides is 2. The zero-order valence-corrected chi connectivity index (χ0v) is 14.6. The molecule has 1 saturated heterocycles. The van der Waals surface area contributed by atoms with Gasteiger partial charge in [-0.3, -0.25) is 19.6 Å². The summed E-state index contributed by atoms with van der Waals surface area (Å²) in [5.41, 5.74) is 2.77. The van der Waals surface area contributed by atoms with Crippen LogP contribution in [-0.2, 0) is 4.79 Å². The molecule has 128 valence electrons. The zero-order valence-electron chi connectivity index (χ0n) is 13.7. The van der Waals surface area contributed by atoms with Gasteiger partial charge in [-0.1, -0.05) is 12.1 Å². The molecule has 2 amide bonds. The normalized spacial score (nSPS) is 15.9. The molecule has 0 bridgehead atoms. The third kappa shape index (κ3) is 2.93. The van der Waals surface area contributed by atoms with Gasteiger partial charge in [0.25, 0.3) is 11.1 Å². The first-order chi connectivity index (χ1) is 12.7. The molecule has 1 aromatic heterocycles. The summed E-state index contributed by atoms with van der Waals surface area (Å²) < 4.78 is 5.16. The van der Waals surface area contributed by atoms with Crippen LogP contribution in [0.3, 0.4) is 0 Å². The zero-order chi connectivity index (χ0) is 18.1. The average molecular weight is 363 g/mol. The molecular formula is C19H13N3O3S. The topological polar surface area (TPSA) is 72.4 Å². The number of benzene rings is 2. The number of aromatic nitrogens is 2. The Labute approximate surface area is 153 Å². The molecule has 1 fully saturated rings. The van der Waals surface area contributed by atoms with E-state index < -0.39 is 0 Å². The maximum Gasteiger partial charge on any atom is 0.298 e. The molecule has 0 radical (unpaired) electrons. The molecule has 2 aromatic carbocycles. The quantitative estimate of drug-likeness (QED) is 0.658. The van der Waals surface area contributed by atoms with Crippen LogP contribution in [-0.4, -0.2) is 28.2 Å². The maximum absolute atomic E-state index is 12.7. The molecule has 1 aliphatic rings. The summed E-state index contributed by atoms with van der Waals surface area (Å²) in [6, 6.07) is 12.4. The third-order valence-corrected chi connectivity index (χ3v) is 4.77. The van der Waals surface area contributed by atoms with E-state index in [4.69, 9.17) is 4.74 Å². The number of hydrogen-bond donors (Lipinski definition) is 0. The maximum atomic E-state index is 12.7. The number of anilines is 1. The van der Waals surface area contributed by atoms with Crippen molar-refractivity contribution in [2.45, 2.75) is 0 Å². The molecule has 0 N–H and O–H groups in total. The summed E-state index contributed by atoms with van der Waals surface area (Å²) >= 11 is 0.912. The second-order valence-electron chi connectivity index (χ2n) is 5.52. The molecule has 4 rings (SSSR count). The molecule has 26 heavy (non-hydrogen) atoms. The van der Waals surface area contributed by atoms with E-state index in [1.807, 2.05) is 18.2 Å². The Kier molecular flexibility index (Phi) is 4.14. The molecule has 1 aliphatic heterocycles. The highest BCUT2D eigenvalue weighted by atomic mass is 32.2. The summed E-state index contributed by atoms with van der Waals surface area (Å²) in [5, 5.41) is -0.338. The predicted molar refractivity (Wildman–Crippen MR) is 101 cm³/mol. The van der Waals surface area contributed by atoms with Crippen LogP contribution in [0.15, 0.2) is 59.8 Å². The summed E-state index contributed by atoms with van der Waals surface area (Å²) in [6.07, 6.45) is 4.93. The van der Waals surface area contributed by atoms with Gasteiger partial charge in [-0.05, 0) is 47.7 Å². The minimum Gasteiger partial charge on any atom is -0.497 e. The van der Waals surface area contributed by atoms with Crippen LogP contribution in [0.2, 0.25) is 0 Å². The fraction of sp³-hybridized carbons (Fsp3) is 0.0526. The minimum absolute atomic E-state index is 0.338. The first kappa shape index (κ1) is 16.3. The fourth-order valence-electron chi connectivity index (χ4n) is 2.66. The highest BCUT2D eigenvalue weighted by Gasteiger charge is 2.36. The van der Waals surface area contributed by atoms with Gasteiger partial charge in [-0.15, -0.1) is 0 Å². The molecule has 0 unspecified atom stereocenters. The standard InChI is InChI=1S/C19H13N3O3S/c1-25-14-4-2-3-13(11-14)22-18(23)17(26-19(22)24)10-12-5-6-15-16(9-12)21-8-7-20-15/h2-11H,1H3/b17-10-. The van der Waals surface area contributed by atoms with Crippen molar-refractivity contribution in [3.05, 3.63) is 65.3 Å². The lowest BCUT2D eigenvalue weighted by molar-refractivity contribution is -0.113. The molecule has 0 spiro atoms. The van der Waals surface area contributed by atoms with Crippen molar-refractivity contribution in [1.82, 2.24) is 9.97 Å². The Morgan fingerprint density at radius 1 is 1.04 bits per heavy atom. The van der Waals surface area contributed by atoms with Gasteiger partial charge >= 0.3 is 0 Å². The Bertz CT molecular complexity index is 1060. The number of thioether (sulfide) groups is 1. The monoisotopic (exact) mass is 363 g/mol. The number of hydrogen-bond acceptors (Lipinski definition) is 6. The van der Waals surface area contributed by atoms with E-state index in [1.54, 1.807) is 42.7 Å². The van der Waals surface area contributed by atoms with Crippen LogP contribution >= 0.6 is 11.8 Å². The number of carbonyl (C=O) groups is 2. The lowest BCUT2D eigenvalue weighted by Gasteiger charge is -2.13. The van der Waals surface area contributed by atoms with Gasteiger partial charge in [0.05, 0.1) is 28.7 Å². The number of fused-ring (bicyclic) bond motifs is 1. The van der Waals surface area contributed by atoms with E-state index in [0.29, 0.717) is 16.3 Å². The molecule has 0 aliphatic carbocycles. The second kappa shape index (κ2) is 6.61. The Morgan fingerprint density at radius 2 is 1.85 bits per heavy atom. The van der Waals surface area contributed by atoms with Crippen molar-refractivity contribution in [1.29, 1.82) is 0 Å². The molecule has 6 nitrogen and oxygen atoms in total. The second-order valence-corrected chi connectivity index (χ2v) is 6.52. The van der Waals surface area contributed by atoms with Gasteiger partial charge in [0.1, 0.15) is 5.75 Å². The number of carbonyl (C=O) groups excluding carboxylic acids is 2. The SMILES string of the molecule is COc1cccc(N2C(=O)S/C(=C\c3ccc4nccnc4c3)C2=O)c1. The van der Waals surface area contributed by atoms with Gasteiger partial charge in [0.15, 0.2) is 0 Å². The summed E-state index contributed by atoms with van der Waals surface area (Å²) in [4.78, 5) is 35.1. The average Bonchev–Trinajstić information content (AvgIpc) is 2.95. The Morgan fingerprint density at radius 3 is 2.65 bits per heavy atom. The molecule has 0 saturated carbocycles. The van der Waals surface area contributed by atoms with Gasteiger partial charge < -0.3 is 4.74 Å². The van der Waals surface area contributed by atoms with Crippen LogP contribution in [0.5, 0.6) is 5.75 Å². The summed E-state index contributed by atoms with van der Waals surface area (Å²) in [5.74, 6) is 0.228. The van der Waals surface area contributed by atoms with Crippen molar-refractivity contribution in [2.24, 2.45) is 0 Å². The Hall–Kier alpha value is -3.19. The lowest BCUT2D eigenvalue weighted by atomic mass is 10.1. The number of nitrogens with zero attached hydrogens (tertiary/aromatic N) is 3. The predicted octanol–water partition coefficient (Wildman–Crippen LogP) is 3.88. The van der Waals surface area contributed by atoms with E-state index >= 15 is 0 Å². The first-order valence-corrected chi connectivity index (χ1v) is 8.60. The number of methoxy groups -OCH3 is 1. The van der Waals surface area contributed by atoms with Crippen LogP contribution in [0.1, 0.15) is 5.56 Å². The number of ether oxygens (including phenoxy) is 1. The van der Waals surface area contributed by atoms with E-state index in [0.717, 1.165) is 33.3 Å². The molecule has 2 heterocycles. The Balaban J connectivity index is 1.68. The van der Waals surface area contributed by atoms with E-state index in [9.17, 15) is 9.59 Å². The van der Waals surface area contributed by atoms with Crippen LogP contribution in [0, 0.1) is 0 Å². The van der Waals surface area contributed by atoms with Crippen molar-refractivity contribution < 1.29 is 14.3 Å². The highest BCUT2D eigenvalue weighted by molar-refractivity contribution is 8.19. The van der Waals surface area contributed by atoms with E-state index in [-0.39, 0.29) is 11.1 Å². The van der Waals surface area contributed by atoms with Gasteiger partial charge in [-0.25, -0.2) is 4.90 Å². The van der Waals surface area contributed by atoms with Crippen LogP contribution < -0.4 is 9.64 Å². The van der Waals surface area contributed by atoms with E-state index in [2.05, 4.69) is 9.97 Å². The van der Waals surface area contributed by atoms with Crippen LogP contribution in [0.25, 0.3) is 17.1 Å². The molecular weight excluding hydrogens is 350 g/mol. The molecule has 0 atom stereocenters. The fourth-order valence-corrected chi connectivity index (χ4v) is 3.50. The van der Waals surface area contributed by atoms with Crippen molar-refractivity contribution >= 4 is 45.7 Å². The summed E-state index contributed by atoms with van der Waals surface area (Å²) in [6.45, 7) is 0. The van der Waals surface area contributed by atoms with Crippen molar-refractivity contribution in [2.75, 3.05) is 12.0 Å². The highest BCUT2D eigenvalue weighted by Crippen LogP contribution is 2.36. The van der Waals surface area contributed by atoms with Gasteiger partial charge in [0, 0.05) is 18.5 Å². The smallest absolute Gasteiger partial charge is 0.298 e. The number of rotatable bonds is 3. The van der Waals surface area contributed by atoms with Crippen molar-refractivity contribution in [3.63, 3.8) is 0 Å². The third-order valence-electron chi connectivity index (χ3n) is 3.90. The van der Waals surface area contributed by atoms with Gasteiger partial charge in [0.2, 0.25) is 0 Å². The van der Waals surface area contributed by atoms with Crippen LogP contribution in [0.4, 0.5) is 10.5 Å². The number of imide groups is 1. The lowest BCUT2D eigenvalue weighted by Crippen LogP contribution is -2.27. The van der Waals surface area contributed by atoms with Crippen molar-refractivity contribution in [3.8, 4) is 5.75 Å². The minimum atomic E-state index is -0.354. The largest absolute Gasteiger partial charge is 0.497 e. The molecule has 3 aromatic rings. The molecule has 7 heteroatoms. The summed E-state index contributed by atoms with van der Waals surface area (Å²) in [7, 11) is 1.54. The first-order valence-electron chi connectivity index (χ1n) is 7.78. The van der Waals surface area contributed by atoms with Gasteiger partial charge in [-0.2, -0.15) is 0 Å². The van der Waals surface area contributed by atoms with E-state index in [1.165, 1.54) is 7.11 Å².